The molecule has 1 fully saturated rings. The van der Waals surface area contributed by atoms with E-state index in [0.29, 0.717) is 30.6 Å². The summed E-state index contributed by atoms with van der Waals surface area (Å²) < 4.78 is 17.0. The number of likely N-dealkylation sites (tertiary alicyclic amines) is 1. The smallest absolute Gasteiger partial charge is 0.309 e. The van der Waals surface area contributed by atoms with Crippen LogP contribution in [0.2, 0.25) is 0 Å². The van der Waals surface area contributed by atoms with Gasteiger partial charge in [-0.2, -0.15) is 0 Å². The molecule has 5 rings (SSSR count). The van der Waals surface area contributed by atoms with Gasteiger partial charge in [0.05, 0.1) is 19.1 Å². The highest BCUT2D eigenvalue weighted by Gasteiger charge is 2.48. The van der Waals surface area contributed by atoms with E-state index < -0.39 is 17.9 Å². The highest BCUT2D eigenvalue weighted by Crippen LogP contribution is 2.47. The maximum absolute atomic E-state index is 13.6. The molecular weight excluding hydrogens is 532 g/mol. The van der Waals surface area contributed by atoms with Crippen LogP contribution in [0.25, 0.3) is 0 Å². The summed E-state index contributed by atoms with van der Waals surface area (Å²) in [5.41, 5.74) is 4.70. The maximum Gasteiger partial charge on any atom is 0.309 e. The Morgan fingerprint density at radius 3 is 2.29 bits per heavy atom. The fraction of sp³-hybridized carbons (Fsp3) is 0.412. The van der Waals surface area contributed by atoms with Gasteiger partial charge < -0.3 is 24.6 Å². The Balaban J connectivity index is 1.47. The lowest BCUT2D eigenvalue weighted by Gasteiger charge is -2.27. The van der Waals surface area contributed by atoms with Gasteiger partial charge in [0.1, 0.15) is 5.75 Å². The number of fused-ring (bicyclic) bond motifs is 1. The number of carboxylic acid groups (broad SMARTS) is 1. The van der Waals surface area contributed by atoms with Crippen LogP contribution in [0.1, 0.15) is 61.9 Å². The van der Waals surface area contributed by atoms with Gasteiger partial charge in [0.15, 0.2) is 11.5 Å². The zero-order valence-corrected chi connectivity index (χ0v) is 24.8. The van der Waals surface area contributed by atoms with Crippen molar-refractivity contribution in [3.05, 3.63) is 82.9 Å². The molecule has 0 spiro atoms. The summed E-state index contributed by atoms with van der Waals surface area (Å²) in [7, 11) is 0. The van der Waals surface area contributed by atoms with E-state index >= 15 is 0 Å². The highest BCUT2D eigenvalue weighted by molar-refractivity contribution is 5.94. The van der Waals surface area contributed by atoms with Crippen molar-refractivity contribution in [3.63, 3.8) is 0 Å². The van der Waals surface area contributed by atoms with Crippen LogP contribution < -0.4 is 19.5 Å². The largest absolute Gasteiger partial charge is 0.493 e. The summed E-state index contributed by atoms with van der Waals surface area (Å²) in [5.74, 6) is 0.165. The molecule has 2 heterocycles. The number of para-hydroxylation sites is 1. The number of nitrogens with one attached hydrogen (secondary N) is 1. The lowest BCUT2D eigenvalue weighted by Crippen LogP contribution is -2.35. The average molecular weight is 573 g/mol. The van der Waals surface area contributed by atoms with Crippen LogP contribution in [-0.2, 0) is 22.4 Å². The molecule has 0 aliphatic carbocycles. The van der Waals surface area contributed by atoms with Crippen molar-refractivity contribution < 1.29 is 28.9 Å². The fourth-order valence-corrected chi connectivity index (χ4v) is 6.06. The number of benzene rings is 3. The molecule has 2 aliphatic heterocycles. The van der Waals surface area contributed by atoms with E-state index in [0.717, 1.165) is 46.5 Å². The normalized spacial score (nSPS) is 19.7. The quantitative estimate of drug-likeness (QED) is 0.289. The number of anilines is 1. The molecule has 8 heteroatoms. The SMILES string of the molecule is CCc1cccc(CC)c1NC(=O)CN1C[C@H](c2ccc3c(c2)OCO3)C(C(=O)O)[C@@H]1c1ccc(OCC(C)C)cc1. The number of aliphatic carboxylic acids is 1. The van der Waals surface area contributed by atoms with Crippen LogP contribution >= 0.6 is 0 Å². The van der Waals surface area contributed by atoms with Gasteiger partial charge in [-0.1, -0.05) is 64.1 Å². The molecule has 2 N–H and O–H groups in total. The van der Waals surface area contributed by atoms with Gasteiger partial charge in [0.2, 0.25) is 12.7 Å². The average Bonchev–Trinajstić information content (AvgIpc) is 3.61. The van der Waals surface area contributed by atoms with Crippen molar-refractivity contribution in [1.29, 1.82) is 0 Å². The number of hydrogen-bond acceptors (Lipinski definition) is 6. The minimum Gasteiger partial charge on any atom is -0.493 e. The van der Waals surface area contributed by atoms with E-state index in [1.807, 2.05) is 65.6 Å². The first-order valence-electron chi connectivity index (χ1n) is 14.8. The van der Waals surface area contributed by atoms with Gasteiger partial charge in [-0.15, -0.1) is 0 Å². The molecule has 3 aromatic rings. The zero-order valence-electron chi connectivity index (χ0n) is 24.8. The lowest BCUT2D eigenvalue weighted by atomic mass is 9.82. The maximum atomic E-state index is 13.6. The Morgan fingerprint density at radius 2 is 1.64 bits per heavy atom. The third kappa shape index (κ3) is 6.23. The third-order valence-corrected chi connectivity index (χ3v) is 8.12. The van der Waals surface area contributed by atoms with Gasteiger partial charge in [-0.05, 0) is 65.3 Å². The molecular formula is C34H40N2O6. The Labute approximate surface area is 247 Å². The highest BCUT2D eigenvalue weighted by atomic mass is 16.7. The first-order chi connectivity index (χ1) is 20.3. The van der Waals surface area contributed by atoms with Gasteiger partial charge in [-0.3, -0.25) is 14.5 Å². The minimum atomic E-state index is -0.907. The molecule has 3 aromatic carbocycles. The Morgan fingerprint density at radius 1 is 0.976 bits per heavy atom. The monoisotopic (exact) mass is 572 g/mol. The molecule has 3 atom stereocenters. The van der Waals surface area contributed by atoms with Crippen LogP contribution in [0.4, 0.5) is 5.69 Å². The Bertz CT molecular complexity index is 1400. The summed E-state index contributed by atoms with van der Waals surface area (Å²) in [4.78, 5) is 28.5. The fourth-order valence-electron chi connectivity index (χ4n) is 6.06. The van der Waals surface area contributed by atoms with E-state index in [1.54, 1.807) is 0 Å². The standard InChI is InChI=1S/C34H40N2O6/c1-5-22-8-7-9-23(6-2)32(22)35-30(37)18-36-17-27(25-12-15-28-29(16-25)42-20-41-28)31(34(38)39)33(36)24-10-13-26(14-11-24)40-19-21(3)4/h7-16,21,27,31,33H,5-6,17-20H2,1-4H3,(H,35,37)(H,38,39)/t27-,31?,33+/m1/s1. The van der Waals surface area contributed by atoms with Crippen LogP contribution in [0, 0.1) is 11.8 Å². The number of ether oxygens (including phenoxy) is 3. The van der Waals surface area contributed by atoms with E-state index in [1.165, 1.54) is 0 Å². The second kappa shape index (κ2) is 12.9. The molecule has 1 saturated heterocycles. The van der Waals surface area contributed by atoms with Crippen LogP contribution in [-0.4, -0.2) is 48.4 Å². The number of carboxylic acids is 1. The molecule has 42 heavy (non-hydrogen) atoms. The lowest BCUT2D eigenvalue weighted by molar-refractivity contribution is -0.143. The van der Waals surface area contributed by atoms with Crippen molar-refractivity contribution in [2.24, 2.45) is 11.8 Å². The molecule has 1 unspecified atom stereocenters. The second-order valence-electron chi connectivity index (χ2n) is 11.4. The Hall–Kier alpha value is -4.04. The first-order valence-corrected chi connectivity index (χ1v) is 14.8. The zero-order chi connectivity index (χ0) is 29.8. The predicted molar refractivity (Wildman–Crippen MR) is 161 cm³/mol. The third-order valence-electron chi connectivity index (χ3n) is 8.12. The van der Waals surface area contributed by atoms with Crippen molar-refractivity contribution >= 4 is 17.6 Å². The van der Waals surface area contributed by atoms with Crippen LogP contribution in [0.5, 0.6) is 17.2 Å². The van der Waals surface area contributed by atoms with E-state index in [-0.39, 0.29) is 25.2 Å². The summed E-state index contributed by atoms with van der Waals surface area (Å²) >= 11 is 0. The van der Waals surface area contributed by atoms with Crippen molar-refractivity contribution in [2.75, 3.05) is 31.8 Å². The molecule has 1 amide bonds. The second-order valence-corrected chi connectivity index (χ2v) is 11.4. The summed E-state index contributed by atoms with van der Waals surface area (Å²) in [6, 6.07) is 18.8. The minimum absolute atomic E-state index is 0.0578. The Kier molecular flexibility index (Phi) is 9.02. The number of hydrogen-bond donors (Lipinski definition) is 2. The summed E-state index contributed by atoms with van der Waals surface area (Å²) in [5, 5.41) is 13.8. The topological polar surface area (TPSA) is 97.3 Å². The van der Waals surface area contributed by atoms with Crippen LogP contribution in [0.15, 0.2) is 60.7 Å². The van der Waals surface area contributed by atoms with Gasteiger partial charge >= 0.3 is 5.97 Å². The van der Waals surface area contributed by atoms with Gasteiger partial charge in [0, 0.05) is 24.2 Å². The van der Waals surface area contributed by atoms with Crippen molar-refractivity contribution in [3.8, 4) is 17.2 Å². The van der Waals surface area contributed by atoms with E-state index in [9.17, 15) is 14.7 Å². The van der Waals surface area contributed by atoms with Gasteiger partial charge in [0.25, 0.3) is 0 Å². The van der Waals surface area contributed by atoms with Crippen molar-refractivity contribution in [1.82, 2.24) is 4.90 Å². The molecule has 8 nitrogen and oxygen atoms in total. The number of aryl methyl sites for hydroxylation is 2. The number of amides is 1. The van der Waals surface area contributed by atoms with Crippen molar-refractivity contribution in [2.45, 2.75) is 52.5 Å². The summed E-state index contributed by atoms with van der Waals surface area (Å²) in [6.45, 7) is 9.52. The summed E-state index contributed by atoms with van der Waals surface area (Å²) in [6.07, 6.45) is 1.60. The number of rotatable bonds is 11. The number of carbonyl (C=O) groups excluding carboxylic acids is 1. The number of nitrogens with zero attached hydrogens (tertiary/aromatic N) is 1. The molecule has 0 saturated carbocycles. The predicted octanol–water partition coefficient (Wildman–Crippen LogP) is 6.05. The molecule has 0 radical (unpaired) electrons. The molecule has 222 valence electrons. The van der Waals surface area contributed by atoms with Gasteiger partial charge in [-0.25, -0.2) is 0 Å². The first kappa shape index (κ1) is 29.5. The number of carbonyl (C=O) groups is 2. The van der Waals surface area contributed by atoms with E-state index in [2.05, 4.69) is 33.0 Å². The van der Waals surface area contributed by atoms with E-state index in [4.69, 9.17) is 14.2 Å². The molecule has 0 bridgehead atoms. The van der Waals surface area contributed by atoms with Crippen LogP contribution in [0.3, 0.4) is 0 Å². The molecule has 0 aromatic heterocycles. The molecule has 2 aliphatic rings.